The summed E-state index contributed by atoms with van der Waals surface area (Å²) >= 11 is 0. The topological polar surface area (TPSA) is 122 Å². The maximum absolute atomic E-state index is 13.0. The Morgan fingerprint density at radius 3 is 2.32 bits per heavy atom. The number of carbonyl (C=O) groups is 3. The molecule has 1 aliphatic heterocycles. The summed E-state index contributed by atoms with van der Waals surface area (Å²) in [6.45, 7) is 7.11. The summed E-state index contributed by atoms with van der Waals surface area (Å²) in [5.41, 5.74) is 0.173. The van der Waals surface area contributed by atoms with Crippen molar-refractivity contribution in [2.45, 2.75) is 38.6 Å². The second-order valence-electron chi connectivity index (χ2n) is 8.59. The Labute approximate surface area is 179 Å². The first-order chi connectivity index (χ1) is 14.4. The average Bonchev–Trinajstić information content (AvgIpc) is 2.91. The molecule has 0 saturated carbocycles. The van der Waals surface area contributed by atoms with Crippen LogP contribution in [-0.2, 0) is 20.5 Å². The second kappa shape index (κ2) is 7.82. The van der Waals surface area contributed by atoms with Gasteiger partial charge >= 0.3 is 6.03 Å². The molecule has 2 aromatic rings. The van der Waals surface area contributed by atoms with Gasteiger partial charge in [-0.15, -0.1) is 0 Å². The molecular weight excluding hydrogens is 400 g/mol. The van der Waals surface area contributed by atoms with Gasteiger partial charge in [0, 0.05) is 17.8 Å². The first-order valence-corrected chi connectivity index (χ1v) is 9.72. The van der Waals surface area contributed by atoms with E-state index in [9.17, 15) is 24.5 Å². The smallest absolute Gasteiger partial charge is 0.324 e. The van der Waals surface area contributed by atoms with E-state index in [1.807, 2.05) is 32.9 Å². The van der Waals surface area contributed by atoms with Crippen molar-refractivity contribution in [1.82, 2.24) is 10.2 Å². The van der Waals surface area contributed by atoms with Crippen molar-refractivity contribution in [2.24, 2.45) is 0 Å². The first-order valence-electron chi connectivity index (χ1n) is 9.72. The number of hydrogen-bond acceptors (Lipinski definition) is 5. The molecular formula is C22H24N4O5. The molecule has 1 unspecified atom stereocenters. The summed E-state index contributed by atoms with van der Waals surface area (Å²) in [6.07, 6.45) is 0. The molecule has 0 aromatic heterocycles. The zero-order chi connectivity index (χ0) is 23.0. The van der Waals surface area contributed by atoms with Gasteiger partial charge in [0.25, 0.3) is 11.6 Å². The van der Waals surface area contributed by atoms with E-state index in [-0.39, 0.29) is 11.1 Å². The van der Waals surface area contributed by atoms with E-state index in [4.69, 9.17) is 0 Å². The Kier molecular flexibility index (Phi) is 5.54. The standard InChI is InChI=1S/C22H24N4O5/c1-21(2,3)16-7-5-6-8-17(16)23-18(27)13-25-19(28)22(4,24-20(25)29)14-9-11-15(12-10-14)26(30)31/h5-12H,13H2,1-4H3,(H,23,27)(H,24,29). The van der Waals surface area contributed by atoms with Crippen molar-refractivity contribution in [2.75, 3.05) is 11.9 Å². The largest absolute Gasteiger partial charge is 0.325 e. The Hall–Kier alpha value is -3.75. The second-order valence-corrected chi connectivity index (χ2v) is 8.59. The number of hydrogen-bond donors (Lipinski definition) is 2. The molecule has 162 valence electrons. The molecule has 0 radical (unpaired) electrons. The van der Waals surface area contributed by atoms with Gasteiger partial charge in [-0.05, 0) is 41.7 Å². The third-order valence-corrected chi connectivity index (χ3v) is 5.24. The molecule has 0 aliphatic carbocycles. The molecule has 1 saturated heterocycles. The number of nitrogens with one attached hydrogen (secondary N) is 2. The molecule has 1 atom stereocenters. The molecule has 1 heterocycles. The molecule has 1 aliphatic rings. The van der Waals surface area contributed by atoms with Crippen LogP contribution in [-0.4, -0.2) is 34.2 Å². The highest BCUT2D eigenvalue weighted by Gasteiger charge is 2.49. The van der Waals surface area contributed by atoms with Crippen molar-refractivity contribution in [3.63, 3.8) is 0 Å². The summed E-state index contributed by atoms with van der Waals surface area (Å²) in [5.74, 6) is -1.11. The summed E-state index contributed by atoms with van der Waals surface area (Å²) in [6, 6.07) is 12.0. The number of non-ortho nitro benzene ring substituents is 1. The molecule has 31 heavy (non-hydrogen) atoms. The minimum atomic E-state index is -1.42. The number of amides is 4. The number of nitro groups is 1. The molecule has 9 nitrogen and oxygen atoms in total. The van der Waals surface area contributed by atoms with E-state index in [2.05, 4.69) is 10.6 Å². The Bertz CT molecular complexity index is 1060. The minimum Gasteiger partial charge on any atom is -0.324 e. The van der Waals surface area contributed by atoms with E-state index in [0.29, 0.717) is 11.3 Å². The average molecular weight is 424 g/mol. The summed E-state index contributed by atoms with van der Waals surface area (Å²) in [4.78, 5) is 49.3. The maximum Gasteiger partial charge on any atom is 0.325 e. The molecule has 9 heteroatoms. The molecule has 2 aromatic carbocycles. The number of nitro benzene ring substituents is 1. The van der Waals surface area contributed by atoms with Crippen molar-refractivity contribution < 1.29 is 19.3 Å². The van der Waals surface area contributed by atoms with Crippen LogP contribution >= 0.6 is 0 Å². The van der Waals surface area contributed by atoms with Crippen molar-refractivity contribution >= 4 is 29.2 Å². The number of anilines is 1. The van der Waals surface area contributed by atoms with Gasteiger partial charge in [0.2, 0.25) is 5.91 Å². The fraction of sp³-hybridized carbons (Fsp3) is 0.318. The SMILES string of the molecule is CC(C)(C)c1ccccc1NC(=O)CN1C(=O)NC(C)(c2ccc([N+](=O)[O-])cc2)C1=O. The van der Waals surface area contributed by atoms with Crippen LogP contribution in [0.4, 0.5) is 16.2 Å². The number of nitrogens with zero attached hydrogens (tertiary/aromatic N) is 2. The molecule has 3 rings (SSSR count). The Morgan fingerprint density at radius 1 is 1.13 bits per heavy atom. The van der Waals surface area contributed by atoms with Gasteiger partial charge in [-0.2, -0.15) is 0 Å². The zero-order valence-electron chi connectivity index (χ0n) is 17.8. The maximum atomic E-state index is 13.0. The van der Waals surface area contributed by atoms with E-state index in [1.165, 1.54) is 31.2 Å². The monoisotopic (exact) mass is 424 g/mol. The summed E-state index contributed by atoms with van der Waals surface area (Å²) < 4.78 is 0. The van der Waals surface area contributed by atoms with E-state index < -0.39 is 34.9 Å². The van der Waals surface area contributed by atoms with Gasteiger partial charge in [0.05, 0.1) is 4.92 Å². The lowest BCUT2D eigenvalue weighted by Crippen LogP contribution is -2.42. The first kappa shape index (κ1) is 21.9. The summed E-state index contributed by atoms with van der Waals surface area (Å²) in [5, 5.41) is 16.2. The Balaban J connectivity index is 1.77. The fourth-order valence-corrected chi connectivity index (χ4v) is 3.53. The third-order valence-electron chi connectivity index (χ3n) is 5.24. The number of imide groups is 1. The number of para-hydroxylation sites is 1. The van der Waals surface area contributed by atoms with Crippen molar-refractivity contribution in [3.8, 4) is 0 Å². The molecule has 4 amide bonds. The fourth-order valence-electron chi connectivity index (χ4n) is 3.53. The van der Waals surface area contributed by atoms with Gasteiger partial charge in [-0.3, -0.25) is 24.6 Å². The van der Waals surface area contributed by atoms with Gasteiger partial charge in [-0.25, -0.2) is 4.79 Å². The quantitative estimate of drug-likeness (QED) is 0.433. The van der Waals surface area contributed by atoms with E-state index >= 15 is 0 Å². The lowest BCUT2D eigenvalue weighted by atomic mass is 9.86. The van der Waals surface area contributed by atoms with Crippen LogP contribution in [0.25, 0.3) is 0 Å². The predicted molar refractivity (Wildman–Crippen MR) is 114 cm³/mol. The Morgan fingerprint density at radius 2 is 1.74 bits per heavy atom. The molecule has 0 bridgehead atoms. The molecule has 2 N–H and O–H groups in total. The highest BCUT2D eigenvalue weighted by molar-refractivity contribution is 6.10. The highest BCUT2D eigenvalue weighted by atomic mass is 16.6. The van der Waals surface area contributed by atoms with Gasteiger partial charge < -0.3 is 10.6 Å². The van der Waals surface area contributed by atoms with Gasteiger partial charge in [0.1, 0.15) is 12.1 Å². The minimum absolute atomic E-state index is 0.127. The van der Waals surface area contributed by atoms with Crippen LogP contribution in [0.5, 0.6) is 0 Å². The molecule has 1 fully saturated rings. The van der Waals surface area contributed by atoms with Crippen molar-refractivity contribution in [3.05, 3.63) is 69.8 Å². The zero-order valence-corrected chi connectivity index (χ0v) is 17.8. The third kappa shape index (κ3) is 4.25. The predicted octanol–water partition coefficient (Wildman–Crippen LogP) is 3.30. The van der Waals surface area contributed by atoms with E-state index in [0.717, 1.165) is 10.5 Å². The summed E-state index contributed by atoms with van der Waals surface area (Å²) in [7, 11) is 0. The number of carbonyl (C=O) groups excluding carboxylic acids is 3. The lowest BCUT2D eigenvalue weighted by Gasteiger charge is -2.24. The van der Waals surface area contributed by atoms with Gasteiger partial charge in [0.15, 0.2) is 0 Å². The van der Waals surface area contributed by atoms with Crippen molar-refractivity contribution in [1.29, 1.82) is 0 Å². The van der Waals surface area contributed by atoms with Crippen LogP contribution in [0.3, 0.4) is 0 Å². The van der Waals surface area contributed by atoms with E-state index in [1.54, 1.807) is 12.1 Å². The number of benzene rings is 2. The van der Waals surface area contributed by atoms with Crippen LogP contribution in [0.15, 0.2) is 48.5 Å². The molecule has 0 spiro atoms. The normalized spacial score (nSPS) is 18.6. The van der Waals surface area contributed by atoms with Crippen LogP contribution in [0.2, 0.25) is 0 Å². The number of rotatable bonds is 5. The number of urea groups is 1. The van der Waals surface area contributed by atoms with Crippen LogP contribution in [0, 0.1) is 10.1 Å². The van der Waals surface area contributed by atoms with Gasteiger partial charge in [-0.1, -0.05) is 39.0 Å². The lowest BCUT2D eigenvalue weighted by molar-refractivity contribution is -0.384. The highest BCUT2D eigenvalue weighted by Crippen LogP contribution is 2.31. The van der Waals surface area contributed by atoms with Crippen LogP contribution < -0.4 is 10.6 Å². The van der Waals surface area contributed by atoms with Crippen LogP contribution in [0.1, 0.15) is 38.8 Å².